The average Bonchev–Trinajstić information content (AvgIpc) is 2.84. The number of anilines is 1. The summed E-state index contributed by atoms with van der Waals surface area (Å²) in [5, 5.41) is 5.86. The van der Waals surface area contributed by atoms with Crippen molar-refractivity contribution in [2.24, 2.45) is 0 Å². The average molecular weight is 374 g/mol. The first kappa shape index (κ1) is 17.4. The molecule has 0 saturated heterocycles. The van der Waals surface area contributed by atoms with E-state index in [1.807, 2.05) is 54.6 Å². The Morgan fingerprint density at radius 2 is 1.70 bits per heavy atom. The third-order valence-corrected chi connectivity index (χ3v) is 5.54. The molecule has 0 aliphatic carbocycles. The van der Waals surface area contributed by atoms with Crippen LogP contribution in [0.3, 0.4) is 0 Å². The fourth-order valence-corrected chi connectivity index (χ4v) is 3.99. The van der Waals surface area contributed by atoms with Crippen molar-refractivity contribution in [1.82, 2.24) is 5.32 Å². The number of rotatable bonds is 4. The molecular weight excluding hydrogens is 356 g/mol. The quantitative estimate of drug-likeness (QED) is 0.713. The van der Waals surface area contributed by atoms with Crippen LogP contribution in [-0.2, 0) is 6.42 Å². The van der Waals surface area contributed by atoms with Gasteiger partial charge in [-0.15, -0.1) is 0 Å². The van der Waals surface area contributed by atoms with Gasteiger partial charge in [0.05, 0.1) is 11.3 Å². The summed E-state index contributed by atoms with van der Waals surface area (Å²) in [6.07, 6.45) is 0.777. The van der Waals surface area contributed by atoms with E-state index in [1.165, 1.54) is 17.3 Å². The molecule has 0 radical (unpaired) electrons. The van der Waals surface area contributed by atoms with Crippen molar-refractivity contribution in [3.8, 4) is 0 Å². The Bertz CT molecular complexity index is 1000. The van der Waals surface area contributed by atoms with Gasteiger partial charge in [0.15, 0.2) is 0 Å². The largest absolute Gasteiger partial charge is 0.352 e. The molecule has 0 unspecified atom stereocenters. The van der Waals surface area contributed by atoms with E-state index in [-0.39, 0.29) is 11.8 Å². The van der Waals surface area contributed by atoms with E-state index in [1.54, 1.807) is 18.2 Å². The summed E-state index contributed by atoms with van der Waals surface area (Å²) < 4.78 is 0. The molecule has 0 aromatic heterocycles. The second-order valence-corrected chi connectivity index (χ2v) is 7.34. The Morgan fingerprint density at radius 3 is 2.56 bits per heavy atom. The van der Waals surface area contributed by atoms with Crippen LogP contribution < -0.4 is 10.6 Å². The zero-order valence-electron chi connectivity index (χ0n) is 14.6. The molecule has 134 valence electrons. The van der Waals surface area contributed by atoms with Gasteiger partial charge in [0.25, 0.3) is 11.8 Å². The number of hydrogen-bond donors (Lipinski definition) is 2. The highest BCUT2D eigenvalue weighted by Gasteiger charge is 2.20. The molecule has 4 rings (SSSR count). The molecule has 5 heteroatoms. The number of carbonyl (C=O) groups is 2. The Kier molecular flexibility index (Phi) is 4.94. The van der Waals surface area contributed by atoms with Gasteiger partial charge in [0.1, 0.15) is 0 Å². The molecular formula is C22H18N2O2S. The Labute approximate surface area is 162 Å². The lowest BCUT2D eigenvalue weighted by Gasteiger charge is -2.10. The third-order valence-electron chi connectivity index (χ3n) is 4.38. The second-order valence-electron chi connectivity index (χ2n) is 6.25. The summed E-state index contributed by atoms with van der Waals surface area (Å²) >= 11 is 1.53. The molecule has 0 spiro atoms. The summed E-state index contributed by atoms with van der Waals surface area (Å²) in [4.78, 5) is 26.8. The Morgan fingerprint density at radius 1 is 0.926 bits per heavy atom. The lowest BCUT2D eigenvalue weighted by molar-refractivity contribution is 0.0952. The van der Waals surface area contributed by atoms with Crippen LogP contribution >= 0.6 is 11.8 Å². The summed E-state index contributed by atoms with van der Waals surface area (Å²) in [5.41, 5.74) is 3.03. The zero-order valence-corrected chi connectivity index (χ0v) is 15.4. The van der Waals surface area contributed by atoms with Crippen LogP contribution in [0.5, 0.6) is 0 Å². The monoisotopic (exact) mass is 374 g/mol. The fourth-order valence-electron chi connectivity index (χ4n) is 2.98. The van der Waals surface area contributed by atoms with Crippen LogP contribution in [-0.4, -0.2) is 18.4 Å². The molecule has 0 atom stereocenters. The highest BCUT2D eigenvalue weighted by Crippen LogP contribution is 2.38. The Hall–Kier alpha value is -3.05. The van der Waals surface area contributed by atoms with E-state index < -0.39 is 0 Å². The van der Waals surface area contributed by atoms with Crippen molar-refractivity contribution >= 4 is 29.3 Å². The van der Waals surface area contributed by atoms with Crippen LogP contribution in [0, 0.1) is 0 Å². The third kappa shape index (κ3) is 3.88. The molecule has 0 bridgehead atoms. The highest BCUT2D eigenvalue weighted by atomic mass is 32.2. The molecule has 0 fully saturated rings. The maximum atomic E-state index is 12.5. The van der Waals surface area contributed by atoms with Crippen LogP contribution in [0.25, 0.3) is 0 Å². The van der Waals surface area contributed by atoms with Gasteiger partial charge < -0.3 is 10.6 Å². The zero-order chi connectivity index (χ0) is 18.6. The second kappa shape index (κ2) is 7.68. The molecule has 1 heterocycles. The van der Waals surface area contributed by atoms with Crippen molar-refractivity contribution in [3.63, 3.8) is 0 Å². The highest BCUT2D eigenvalue weighted by molar-refractivity contribution is 7.99. The molecule has 0 saturated carbocycles. The van der Waals surface area contributed by atoms with Gasteiger partial charge >= 0.3 is 0 Å². The van der Waals surface area contributed by atoms with Crippen molar-refractivity contribution < 1.29 is 9.59 Å². The number of fused-ring (bicyclic) bond motifs is 2. The topological polar surface area (TPSA) is 58.2 Å². The summed E-state index contributed by atoms with van der Waals surface area (Å²) in [7, 11) is 0. The van der Waals surface area contributed by atoms with E-state index in [9.17, 15) is 9.59 Å². The number of carbonyl (C=O) groups excluding carboxylic acids is 2. The van der Waals surface area contributed by atoms with Crippen LogP contribution in [0.1, 0.15) is 26.3 Å². The van der Waals surface area contributed by atoms with E-state index >= 15 is 0 Å². The fraction of sp³-hybridized carbons (Fsp3) is 0.0909. The van der Waals surface area contributed by atoms with Crippen molar-refractivity contribution in [2.75, 3.05) is 11.9 Å². The van der Waals surface area contributed by atoms with Gasteiger partial charge in [-0.2, -0.15) is 0 Å². The minimum Gasteiger partial charge on any atom is -0.352 e. The predicted octanol–water partition coefficient (Wildman–Crippen LogP) is 4.38. The van der Waals surface area contributed by atoms with Crippen LogP contribution in [0.4, 0.5) is 5.69 Å². The molecule has 27 heavy (non-hydrogen) atoms. The van der Waals surface area contributed by atoms with E-state index in [0.29, 0.717) is 23.4 Å². The predicted molar refractivity (Wildman–Crippen MR) is 107 cm³/mol. The summed E-state index contributed by atoms with van der Waals surface area (Å²) in [6.45, 7) is 0.562. The maximum Gasteiger partial charge on any atom is 0.256 e. The van der Waals surface area contributed by atoms with Crippen molar-refractivity contribution in [2.45, 2.75) is 16.2 Å². The molecule has 2 amide bonds. The first-order valence-corrected chi connectivity index (χ1v) is 9.57. The molecule has 3 aromatic carbocycles. The molecule has 1 aliphatic heterocycles. The summed E-state index contributed by atoms with van der Waals surface area (Å²) in [5.74, 6) is -0.298. The minimum atomic E-state index is -0.154. The van der Waals surface area contributed by atoms with Crippen LogP contribution in [0.15, 0.2) is 82.6 Å². The number of amides is 2. The number of hydrogen-bond acceptors (Lipinski definition) is 3. The standard InChI is InChI=1S/C22H18N2O2S/c25-21(23-13-12-15-6-2-1-3-7-15)16-10-11-20-18(14-16)24-22(26)17-8-4-5-9-19(17)27-20/h1-11,14H,12-13H2,(H,23,25)(H,24,26). The van der Waals surface area contributed by atoms with E-state index in [4.69, 9.17) is 0 Å². The lowest BCUT2D eigenvalue weighted by atomic mass is 10.1. The van der Waals surface area contributed by atoms with Gasteiger partial charge in [-0.3, -0.25) is 9.59 Å². The first-order chi connectivity index (χ1) is 13.2. The van der Waals surface area contributed by atoms with Crippen molar-refractivity contribution in [1.29, 1.82) is 0 Å². The van der Waals surface area contributed by atoms with Crippen LogP contribution in [0.2, 0.25) is 0 Å². The smallest absolute Gasteiger partial charge is 0.256 e. The van der Waals surface area contributed by atoms with Gasteiger partial charge in [-0.25, -0.2) is 0 Å². The molecule has 3 aromatic rings. The van der Waals surface area contributed by atoms with E-state index in [0.717, 1.165) is 16.2 Å². The number of nitrogens with one attached hydrogen (secondary N) is 2. The van der Waals surface area contributed by atoms with Gasteiger partial charge in [-0.1, -0.05) is 54.2 Å². The first-order valence-electron chi connectivity index (χ1n) is 8.75. The maximum absolute atomic E-state index is 12.5. The van der Waals surface area contributed by atoms with Crippen molar-refractivity contribution in [3.05, 3.63) is 89.5 Å². The molecule has 2 N–H and O–H groups in total. The molecule has 4 nitrogen and oxygen atoms in total. The summed E-state index contributed by atoms with van der Waals surface area (Å²) in [6, 6.07) is 22.9. The van der Waals surface area contributed by atoms with Gasteiger partial charge in [0, 0.05) is 21.9 Å². The van der Waals surface area contributed by atoms with E-state index in [2.05, 4.69) is 10.6 Å². The molecule has 1 aliphatic rings. The SMILES string of the molecule is O=C(NCCc1ccccc1)c1ccc2c(c1)NC(=O)c1ccccc1S2. The lowest BCUT2D eigenvalue weighted by Crippen LogP contribution is -2.25. The minimum absolute atomic E-state index is 0.144. The normalized spacial score (nSPS) is 12.4. The van der Waals surface area contributed by atoms with Gasteiger partial charge in [-0.05, 0) is 42.3 Å². The van der Waals surface area contributed by atoms with Gasteiger partial charge in [0.2, 0.25) is 0 Å². The Balaban J connectivity index is 1.47. The number of benzene rings is 3.